The molecule has 1 amide bonds. The minimum absolute atomic E-state index is 0.000883. The Hall–Kier alpha value is -4.20. The maximum absolute atomic E-state index is 12.6. The second kappa shape index (κ2) is 8.44. The molecule has 0 aliphatic carbocycles. The van der Waals surface area contributed by atoms with Crippen molar-refractivity contribution in [3.05, 3.63) is 78.5 Å². The number of hydrogen-bond donors (Lipinski definition) is 1. The molecule has 4 rings (SSSR count). The van der Waals surface area contributed by atoms with Crippen LogP contribution in [0.3, 0.4) is 0 Å². The van der Waals surface area contributed by atoms with E-state index in [1.165, 1.54) is 7.11 Å². The molecule has 1 N–H and O–H groups in total. The van der Waals surface area contributed by atoms with Gasteiger partial charge in [-0.3, -0.25) is 4.79 Å². The van der Waals surface area contributed by atoms with E-state index in [-0.39, 0.29) is 18.0 Å². The van der Waals surface area contributed by atoms with E-state index in [1.54, 1.807) is 47.2 Å². The molecule has 2 aromatic carbocycles. The number of methoxy groups -OCH3 is 1. The number of nitrogens with one attached hydrogen (secondary N) is 1. The molecule has 0 saturated heterocycles. The molecule has 0 radical (unpaired) electrons. The standard InChI is InChI=1S/C22H18N4O4/c1-29-22(28)16-10-5-6-11-17(16)23-19(27)14-26-13-7-12-18(26)21-24-20(25-30-21)15-8-3-2-4-9-15/h2-13H,14H2,1H3,(H,23,27). The Labute approximate surface area is 172 Å². The van der Waals surface area contributed by atoms with E-state index in [9.17, 15) is 9.59 Å². The molecular weight excluding hydrogens is 384 g/mol. The van der Waals surface area contributed by atoms with Gasteiger partial charge >= 0.3 is 5.97 Å². The second-order valence-corrected chi connectivity index (χ2v) is 6.40. The molecule has 30 heavy (non-hydrogen) atoms. The van der Waals surface area contributed by atoms with Gasteiger partial charge in [-0.2, -0.15) is 4.98 Å². The number of anilines is 1. The van der Waals surface area contributed by atoms with Gasteiger partial charge in [0.2, 0.25) is 11.7 Å². The fourth-order valence-electron chi connectivity index (χ4n) is 3.00. The van der Waals surface area contributed by atoms with Crippen LogP contribution >= 0.6 is 0 Å². The fourth-order valence-corrected chi connectivity index (χ4v) is 3.00. The molecule has 8 nitrogen and oxygen atoms in total. The number of carbonyl (C=O) groups is 2. The molecule has 0 bridgehead atoms. The van der Waals surface area contributed by atoms with Crippen molar-refractivity contribution in [3.63, 3.8) is 0 Å². The van der Waals surface area contributed by atoms with Gasteiger partial charge in [-0.15, -0.1) is 0 Å². The summed E-state index contributed by atoms with van der Waals surface area (Å²) in [5.41, 5.74) is 2.11. The summed E-state index contributed by atoms with van der Waals surface area (Å²) in [6.07, 6.45) is 1.74. The topological polar surface area (TPSA) is 99.2 Å². The molecule has 150 valence electrons. The summed E-state index contributed by atoms with van der Waals surface area (Å²) in [6, 6.07) is 19.7. The van der Waals surface area contributed by atoms with Crippen LogP contribution in [0, 0.1) is 0 Å². The third kappa shape index (κ3) is 3.97. The zero-order valence-electron chi connectivity index (χ0n) is 16.1. The molecule has 0 spiro atoms. The fraction of sp³-hybridized carbons (Fsp3) is 0.0909. The van der Waals surface area contributed by atoms with Crippen molar-refractivity contribution in [1.29, 1.82) is 0 Å². The lowest BCUT2D eigenvalue weighted by molar-refractivity contribution is -0.116. The minimum atomic E-state index is -0.521. The van der Waals surface area contributed by atoms with Crippen molar-refractivity contribution in [2.45, 2.75) is 6.54 Å². The van der Waals surface area contributed by atoms with E-state index in [1.807, 2.05) is 30.3 Å². The highest BCUT2D eigenvalue weighted by atomic mass is 16.5. The lowest BCUT2D eigenvalue weighted by atomic mass is 10.2. The molecular formula is C22H18N4O4. The first-order valence-corrected chi connectivity index (χ1v) is 9.17. The normalized spacial score (nSPS) is 10.6. The van der Waals surface area contributed by atoms with Gasteiger partial charge in [-0.1, -0.05) is 47.6 Å². The van der Waals surface area contributed by atoms with E-state index in [2.05, 4.69) is 15.5 Å². The number of amides is 1. The summed E-state index contributed by atoms with van der Waals surface area (Å²) >= 11 is 0. The molecule has 0 atom stereocenters. The average Bonchev–Trinajstić information content (AvgIpc) is 3.43. The molecule has 0 fully saturated rings. The summed E-state index contributed by atoms with van der Waals surface area (Å²) in [5, 5.41) is 6.77. The first-order chi connectivity index (χ1) is 14.7. The number of ether oxygens (including phenoxy) is 1. The van der Waals surface area contributed by atoms with Crippen LogP contribution in [0.25, 0.3) is 23.0 Å². The van der Waals surface area contributed by atoms with Gasteiger partial charge in [0.25, 0.3) is 5.89 Å². The first-order valence-electron chi connectivity index (χ1n) is 9.17. The van der Waals surface area contributed by atoms with Crippen LogP contribution in [-0.2, 0) is 16.1 Å². The maximum atomic E-state index is 12.6. The van der Waals surface area contributed by atoms with E-state index in [4.69, 9.17) is 9.26 Å². The third-order valence-electron chi connectivity index (χ3n) is 4.43. The number of benzene rings is 2. The SMILES string of the molecule is COC(=O)c1ccccc1NC(=O)Cn1cccc1-c1nc(-c2ccccc2)no1. The van der Waals surface area contributed by atoms with Crippen LogP contribution in [0.15, 0.2) is 77.4 Å². The summed E-state index contributed by atoms with van der Waals surface area (Å²) in [7, 11) is 1.29. The van der Waals surface area contributed by atoms with Crippen LogP contribution in [0.5, 0.6) is 0 Å². The molecule has 8 heteroatoms. The lowest BCUT2D eigenvalue weighted by Crippen LogP contribution is -2.20. The molecule has 4 aromatic rings. The van der Waals surface area contributed by atoms with Crippen molar-refractivity contribution in [2.75, 3.05) is 12.4 Å². The summed E-state index contributed by atoms with van der Waals surface area (Å²) in [6.45, 7) is 0.000883. The number of aromatic nitrogens is 3. The molecule has 0 unspecified atom stereocenters. The Bertz CT molecular complexity index is 1180. The highest BCUT2D eigenvalue weighted by molar-refractivity contribution is 6.01. The van der Waals surface area contributed by atoms with E-state index >= 15 is 0 Å². The zero-order chi connectivity index (χ0) is 20.9. The Kier molecular flexibility index (Phi) is 5.38. The third-order valence-corrected chi connectivity index (χ3v) is 4.43. The predicted molar refractivity (Wildman–Crippen MR) is 110 cm³/mol. The lowest BCUT2D eigenvalue weighted by Gasteiger charge is -2.11. The largest absolute Gasteiger partial charge is 0.465 e. The Morgan fingerprint density at radius 2 is 1.80 bits per heavy atom. The number of rotatable bonds is 6. The first kappa shape index (κ1) is 19.1. The summed E-state index contributed by atoms with van der Waals surface area (Å²) < 4.78 is 11.8. The van der Waals surface area contributed by atoms with E-state index in [0.717, 1.165) is 5.56 Å². The van der Waals surface area contributed by atoms with Crippen molar-refractivity contribution in [1.82, 2.24) is 14.7 Å². The highest BCUT2D eigenvalue weighted by Crippen LogP contribution is 2.23. The highest BCUT2D eigenvalue weighted by Gasteiger charge is 2.17. The van der Waals surface area contributed by atoms with E-state index < -0.39 is 5.97 Å². The number of hydrogen-bond acceptors (Lipinski definition) is 6. The van der Waals surface area contributed by atoms with Crippen LogP contribution in [-0.4, -0.2) is 33.7 Å². The number of carbonyl (C=O) groups excluding carboxylic acids is 2. The van der Waals surface area contributed by atoms with Gasteiger partial charge in [-0.05, 0) is 24.3 Å². The summed E-state index contributed by atoms with van der Waals surface area (Å²) in [5.74, 6) is -0.0603. The van der Waals surface area contributed by atoms with Crippen molar-refractivity contribution in [3.8, 4) is 23.0 Å². The van der Waals surface area contributed by atoms with Gasteiger partial charge in [0.1, 0.15) is 12.2 Å². The predicted octanol–water partition coefficient (Wildman–Crippen LogP) is 3.63. The van der Waals surface area contributed by atoms with Gasteiger partial charge < -0.3 is 19.1 Å². The second-order valence-electron chi connectivity index (χ2n) is 6.40. The average molecular weight is 402 g/mol. The number of para-hydroxylation sites is 1. The Morgan fingerprint density at radius 3 is 2.60 bits per heavy atom. The molecule has 0 aliphatic heterocycles. The van der Waals surface area contributed by atoms with Crippen LogP contribution in [0.1, 0.15) is 10.4 Å². The van der Waals surface area contributed by atoms with Gasteiger partial charge in [-0.25, -0.2) is 4.79 Å². The van der Waals surface area contributed by atoms with Gasteiger partial charge in [0.05, 0.1) is 18.4 Å². The number of esters is 1. The Morgan fingerprint density at radius 1 is 1.03 bits per heavy atom. The Balaban J connectivity index is 1.52. The van der Waals surface area contributed by atoms with Crippen LogP contribution < -0.4 is 5.32 Å². The van der Waals surface area contributed by atoms with Crippen LogP contribution in [0.2, 0.25) is 0 Å². The smallest absolute Gasteiger partial charge is 0.339 e. The van der Waals surface area contributed by atoms with Crippen molar-refractivity contribution in [2.24, 2.45) is 0 Å². The quantitative estimate of drug-likeness (QED) is 0.495. The molecule has 0 saturated carbocycles. The van der Waals surface area contributed by atoms with E-state index in [0.29, 0.717) is 23.1 Å². The molecule has 0 aliphatic rings. The summed E-state index contributed by atoms with van der Waals surface area (Å²) in [4.78, 5) is 28.9. The monoisotopic (exact) mass is 402 g/mol. The zero-order valence-corrected chi connectivity index (χ0v) is 16.1. The number of nitrogens with zero attached hydrogens (tertiary/aromatic N) is 3. The van der Waals surface area contributed by atoms with Crippen molar-refractivity contribution >= 4 is 17.6 Å². The maximum Gasteiger partial charge on any atom is 0.339 e. The molecule has 2 heterocycles. The van der Waals surface area contributed by atoms with Crippen molar-refractivity contribution < 1.29 is 18.8 Å². The van der Waals surface area contributed by atoms with Gasteiger partial charge in [0, 0.05) is 11.8 Å². The van der Waals surface area contributed by atoms with Gasteiger partial charge in [0.15, 0.2) is 0 Å². The minimum Gasteiger partial charge on any atom is -0.465 e. The van der Waals surface area contributed by atoms with Crippen LogP contribution in [0.4, 0.5) is 5.69 Å². The molecule has 2 aromatic heterocycles.